The zero-order valence-electron chi connectivity index (χ0n) is 12.7. The lowest BCUT2D eigenvalue weighted by Crippen LogP contribution is -2.24. The van der Waals surface area contributed by atoms with Crippen molar-refractivity contribution in [2.45, 2.75) is 25.4 Å². The van der Waals surface area contributed by atoms with Crippen molar-refractivity contribution in [3.8, 4) is 5.75 Å². The second-order valence-electron chi connectivity index (χ2n) is 5.07. The van der Waals surface area contributed by atoms with Gasteiger partial charge in [0.2, 0.25) is 5.91 Å². The molecule has 0 fully saturated rings. The number of benzene rings is 1. The average Bonchev–Trinajstić information content (AvgIpc) is 2.49. The molecule has 1 rings (SSSR count). The Morgan fingerprint density at radius 3 is 2.90 bits per heavy atom. The standard InChI is InChI=1S/C15H25N3O3/c1-18(2)15(20)7-4-10-21-13-6-3-5-12(11-13)14(19)8-9-17-16/h3,5-6,11,14,17,19H,4,7-10,16H2,1-2H3. The van der Waals surface area contributed by atoms with Crippen molar-refractivity contribution in [3.63, 3.8) is 0 Å². The zero-order valence-corrected chi connectivity index (χ0v) is 12.7. The van der Waals surface area contributed by atoms with Crippen molar-refractivity contribution in [2.24, 2.45) is 5.84 Å². The van der Waals surface area contributed by atoms with E-state index in [4.69, 9.17) is 10.6 Å². The van der Waals surface area contributed by atoms with Gasteiger partial charge in [-0.05, 0) is 30.5 Å². The van der Waals surface area contributed by atoms with E-state index in [-0.39, 0.29) is 5.91 Å². The molecule has 6 nitrogen and oxygen atoms in total. The zero-order chi connectivity index (χ0) is 15.7. The maximum atomic E-state index is 11.4. The minimum Gasteiger partial charge on any atom is -0.494 e. The van der Waals surface area contributed by atoms with Crippen LogP contribution in [0.1, 0.15) is 30.9 Å². The van der Waals surface area contributed by atoms with Gasteiger partial charge in [0, 0.05) is 27.1 Å². The number of hydrogen-bond donors (Lipinski definition) is 3. The molecule has 0 saturated heterocycles. The number of nitrogens with zero attached hydrogens (tertiary/aromatic N) is 1. The molecule has 0 heterocycles. The third kappa shape index (κ3) is 6.57. The number of nitrogens with one attached hydrogen (secondary N) is 1. The fraction of sp³-hybridized carbons (Fsp3) is 0.533. The van der Waals surface area contributed by atoms with Crippen LogP contribution in [-0.4, -0.2) is 43.2 Å². The van der Waals surface area contributed by atoms with Crippen LogP contribution in [0.2, 0.25) is 0 Å². The first-order valence-corrected chi connectivity index (χ1v) is 7.09. The van der Waals surface area contributed by atoms with Gasteiger partial charge in [-0.25, -0.2) is 0 Å². The molecule has 1 atom stereocenters. The summed E-state index contributed by atoms with van der Waals surface area (Å²) in [6.45, 7) is 1.02. The number of amides is 1. The Kier molecular flexibility index (Phi) is 7.74. The van der Waals surface area contributed by atoms with Gasteiger partial charge in [0.05, 0.1) is 12.7 Å². The molecule has 0 aliphatic rings. The molecular weight excluding hydrogens is 270 g/mol. The lowest BCUT2D eigenvalue weighted by molar-refractivity contribution is -0.128. The second kappa shape index (κ2) is 9.33. The smallest absolute Gasteiger partial charge is 0.222 e. The minimum atomic E-state index is -0.570. The molecule has 0 aromatic heterocycles. The third-order valence-corrected chi connectivity index (χ3v) is 3.11. The number of aliphatic hydroxyl groups is 1. The monoisotopic (exact) mass is 295 g/mol. The van der Waals surface area contributed by atoms with Crippen molar-refractivity contribution in [1.82, 2.24) is 10.3 Å². The summed E-state index contributed by atoms with van der Waals surface area (Å²) >= 11 is 0. The molecule has 0 aliphatic heterocycles. The lowest BCUT2D eigenvalue weighted by Gasteiger charge is -2.13. The summed E-state index contributed by atoms with van der Waals surface area (Å²) in [5, 5.41) is 9.98. The summed E-state index contributed by atoms with van der Waals surface area (Å²) in [7, 11) is 3.48. The van der Waals surface area contributed by atoms with Crippen molar-refractivity contribution >= 4 is 5.91 Å². The lowest BCUT2D eigenvalue weighted by atomic mass is 10.1. The summed E-state index contributed by atoms with van der Waals surface area (Å²) in [5.41, 5.74) is 3.32. The fourth-order valence-corrected chi connectivity index (χ4v) is 1.84. The second-order valence-corrected chi connectivity index (χ2v) is 5.07. The quantitative estimate of drug-likeness (QED) is 0.357. The Morgan fingerprint density at radius 1 is 1.48 bits per heavy atom. The number of nitrogens with two attached hydrogens (primary N) is 1. The first-order valence-electron chi connectivity index (χ1n) is 7.09. The summed E-state index contributed by atoms with van der Waals surface area (Å²) in [4.78, 5) is 13.0. The van der Waals surface area contributed by atoms with Gasteiger partial charge in [0.25, 0.3) is 0 Å². The highest BCUT2D eigenvalue weighted by atomic mass is 16.5. The summed E-state index contributed by atoms with van der Waals surface area (Å²) in [5.74, 6) is 5.99. The van der Waals surface area contributed by atoms with Crippen LogP contribution in [0.15, 0.2) is 24.3 Å². The van der Waals surface area contributed by atoms with E-state index in [9.17, 15) is 9.90 Å². The van der Waals surface area contributed by atoms with E-state index in [1.165, 1.54) is 0 Å². The molecule has 0 radical (unpaired) electrons. The molecule has 21 heavy (non-hydrogen) atoms. The van der Waals surface area contributed by atoms with Crippen LogP contribution in [0.4, 0.5) is 0 Å². The Bertz CT molecular complexity index is 438. The number of carbonyl (C=O) groups excluding carboxylic acids is 1. The molecule has 4 N–H and O–H groups in total. The molecule has 1 aromatic rings. The largest absolute Gasteiger partial charge is 0.494 e. The Morgan fingerprint density at radius 2 is 2.24 bits per heavy atom. The van der Waals surface area contributed by atoms with E-state index in [0.717, 1.165) is 5.56 Å². The SMILES string of the molecule is CN(C)C(=O)CCCOc1cccc(C(O)CCNN)c1. The third-order valence-electron chi connectivity index (χ3n) is 3.11. The minimum absolute atomic E-state index is 0.0945. The maximum absolute atomic E-state index is 11.4. The molecule has 0 spiro atoms. The molecule has 6 heteroatoms. The van der Waals surface area contributed by atoms with Gasteiger partial charge in [-0.2, -0.15) is 0 Å². The van der Waals surface area contributed by atoms with E-state index >= 15 is 0 Å². The molecular formula is C15H25N3O3. The highest BCUT2D eigenvalue weighted by Crippen LogP contribution is 2.21. The highest BCUT2D eigenvalue weighted by molar-refractivity contribution is 5.75. The van der Waals surface area contributed by atoms with Crippen LogP contribution in [0.25, 0.3) is 0 Å². The topological polar surface area (TPSA) is 87.8 Å². The van der Waals surface area contributed by atoms with Crippen LogP contribution < -0.4 is 16.0 Å². The number of carbonyl (C=O) groups is 1. The molecule has 0 bridgehead atoms. The maximum Gasteiger partial charge on any atom is 0.222 e. The van der Waals surface area contributed by atoms with Gasteiger partial charge in [0.15, 0.2) is 0 Å². The number of ether oxygens (including phenoxy) is 1. The normalized spacial score (nSPS) is 12.0. The van der Waals surface area contributed by atoms with Crippen molar-refractivity contribution < 1.29 is 14.6 Å². The van der Waals surface area contributed by atoms with E-state index < -0.39 is 6.10 Å². The molecule has 1 unspecified atom stereocenters. The van der Waals surface area contributed by atoms with Crippen LogP contribution in [0.5, 0.6) is 5.75 Å². The van der Waals surface area contributed by atoms with Crippen molar-refractivity contribution in [3.05, 3.63) is 29.8 Å². The summed E-state index contributed by atoms with van der Waals surface area (Å²) in [6.07, 6.45) is 1.11. The number of hydrogen-bond acceptors (Lipinski definition) is 5. The van der Waals surface area contributed by atoms with Crippen LogP contribution in [0.3, 0.4) is 0 Å². The number of hydrazine groups is 1. The van der Waals surface area contributed by atoms with E-state index in [1.54, 1.807) is 19.0 Å². The fourth-order valence-electron chi connectivity index (χ4n) is 1.84. The number of rotatable bonds is 9. The van der Waals surface area contributed by atoms with Crippen LogP contribution in [0, 0.1) is 0 Å². The first-order chi connectivity index (χ1) is 10.0. The van der Waals surface area contributed by atoms with Crippen LogP contribution in [-0.2, 0) is 4.79 Å². The van der Waals surface area contributed by atoms with E-state index in [1.807, 2.05) is 24.3 Å². The summed E-state index contributed by atoms with van der Waals surface area (Å²) < 4.78 is 5.61. The first kappa shape index (κ1) is 17.4. The van der Waals surface area contributed by atoms with Crippen LogP contribution >= 0.6 is 0 Å². The molecule has 0 saturated carbocycles. The molecule has 0 aliphatic carbocycles. The summed E-state index contributed by atoms with van der Waals surface area (Å²) in [6, 6.07) is 7.35. The van der Waals surface area contributed by atoms with Gasteiger partial charge in [-0.3, -0.25) is 16.1 Å². The predicted octanol–water partition coefficient (Wildman–Crippen LogP) is 0.821. The molecule has 1 aromatic carbocycles. The van der Waals surface area contributed by atoms with Gasteiger partial charge in [-0.15, -0.1) is 0 Å². The van der Waals surface area contributed by atoms with Crippen molar-refractivity contribution in [1.29, 1.82) is 0 Å². The van der Waals surface area contributed by atoms with Gasteiger partial charge < -0.3 is 14.7 Å². The van der Waals surface area contributed by atoms with Gasteiger partial charge in [-0.1, -0.05) is 12.1 Å². The van der Waals surface area contributed by atoms with E-state index in [0.29, 0.717) is 38.2 Å². The Hall–Kier alpha value is -1.63. The Labute approximate surface area is 125 Å². The molecule has 1 amide bonds. The highest BCUT2D eigenvalue weighted by Gasteiger charge is 2.08. The molecule has 118 valence electrons. The average molecular weight is 295 g/mol. The van der Waals surface area contributed by atoms with Gasteiger partial charge >= 0.3 is 0 Å². The van der Waals surface area contributed by atoms with Gasteiger partial charge in [0.1, 0.15) is 5.75 Å². The Balaban J connectivity index is 2.40. The predicted molar refractivity (Wildman–Crippen MR) is 81.6 cm³/mol. The number of aliphatic hydroxyl groups excluding tert-OH is 1. The van der Waals surface area contributed by atoms with Crippen molar-refractivity contribution in [2.75, 3.05) is 27.2 Å². The van der Waals surface area contributed by atoms with E-state index in [2.05, 4.69) is 5.43 Å².